The number of nitrogens with zero attached hydrogens (tertiary/aromatic N) is 2. The molecule has 0 radical (unpaired) electrons. The fraction of sp³-hybridized carbons (Fsp3) is 0.294. The summed E-state index contributed by atoms with van der Waals surface area (Å²) in [5, 5.41) is 2.34. The van der Waals surface area contributed by atoms with E-state index >= 15 is 0 Å². The number of halogens is 6. The van der Waals surface area contributed by atoms with Crippen molar-refractivity contribution < 1.29 is 35.9 Å². The van der Waals surface area contributed by atoms with Crippen LogP contribution in [-0.2, 0) is 12.4 Å². The first-order valence-electron chi connectivity index (χ1n) is 7.96. The van der Waals surface area contributed by atoms with Crippen molar-refractivity contribution in [2.45, 2.75) is 18.5 Å². The Hall–Kier alpha value is -2.98. The van der Waals surface area contributed by atoms with Crippen LogP contribution in [0.2, 0.25) is 0 Å². The molecule has 0 bridgehead atoms. The zero-order valence-electron chi connectivity index (χ0n) is 14.0. The molecule has 1 aliphatic rings. The number of ether oxygens (including phenoxy) is 1. The van der Waals surface area contributed by atoms with Crippen molar-refractivity contribution in [3.63, 3.8) is 0 Å². The van der Waals surface area contributed by atoms with E-state index in [1.165, 1.54) is 23.1 Å². The molecule has 1 N–H and O–H groups in total. The number of hydrogen-bond donors (Lipinski definition) is 1. The molecule has 28 heavy (non-hydrogen) atoms. The number of carbonyl (C=O) groups is 1. The quantitative estimate of drug-likeness (QED) is 0.770. The van der Waals surface area contributed by atoms with Crippen LogP contribution in [0.5, 0.6) is 5.88 Å². The third-order valence-corrected chi connectivity index (χ3v) is 3.88. The van der Waals surface area contributed by atoms with Gasteiger partial charge < -0.3 is 15.0 Å². The Morgan fingerprint density at radius 2 is 1.71 bits per heavy atom. The summed E-state index contributed by atoms with van der Waals surface area (Å²) < 4.78 is 81.2. The average Bonchev–Trinajstić information content (AvgIpc) is 2.56. The monoisotopic (exact) mass is 405 g/mol. The lowest BCUT2D eigenvalue weighted by molar-refractivity contribution is -0.141. The maximum absolute atomic E-state index is 12.7. The summed E-state index contributed by atoms with van der Waals surface area (Å²) in [5.41, 5.74) is -2.02. The second-order valence-corrected chi connectivity index (χ2v) is 6.01. The van der Waals surface area contributed by atoms with Gasteiger partial charge in [0, 0.05) is 11.8 Å². The minimum atomic E-state index is -4.60. The molecule has 0 unspecified atom stereocenters. The molecule has 2 heterocycles. The molecular formula is C17H13F6N3O2. The normalized spacial score (nSPS) is 15.1. The number of benzene rings is 1. The minimum Gasteiger partial charge on any atom is -0.471 e. The Morgan fingerprint density at radius 1 is 1.04 bits per heavy atom. The summed E-state index contributed by atoms with van der Waals surface area (Å²) in [6, 6.07) is 6.75. The maximum Gasteiger partial charge on any atom is 0.433 e. The highest BCUT2D eigenvalue weighted by Gasteiger charge is 2.35. The minimum absolute atomic E-state index is 0.0243. The van der Waals surface area contributed by atoms with Crippen molar-refractivity contribution >= 4 is 11.7 Å². The van der Waals surface area contributed by atoms with Crippen LogP contribution in [0, 0.1) is 0 Å². The largest absolute Gasteiger partial charge is 0.471 e. The van der Waals surface area contributed by atoms with Gasteiger partial charge in [-0.25, -0.2) is 9.78 Å². The molecule has 2 aromatic rings. The molecule has 0 saturated carbocycles. The highest BCUT2D eigenvalue weighted by molar-refractivity contribution is 5.90. The topological polar surface area (TPSA) is 54.5 Å². The first-order chi connectivity index (χ1) is 13.0. The molecular weight excluding hydrogens is 392 g/mol. The van der Waals surface area contributed by atoms with E-state index in [0.29, 0.717) is 0 Å². The zero-order chi connectivity index (χ0) is 20.5. The summed E-state index contributed by atoms with van der Waals surface area (Å²) in [6.07, 6.45) is -9.70. The molecule has 1 fully saturated rings. The van der Waals surface area contributed by atoms with Gasteiger partial charge in [0.2, 0.25) is 5.88 Å². The van der Waals surface area contributed by atoms with E-state index in [2.05, 4.69) is 10.3 Å². The number of rotatable bonds is 3. The standard InChI is InChI=1S/C17H13F6N3O2/c18-16(19,20)10-3-1-4-11(7-10)24-15(27)26-8-12(9-26)28-14-6-2-5-13(25-14)17(21,22)23/h1-7,12H,8-9H2,(H,24,27). The molecule has 3 rings (SSSR count). The number of amides is 2. The lowest BCUT2D eigenvalue weighted by Crippen LogP contribution is -2.57. The fourth-order valence-corrected chi connectivity index (χ4v) is 2.46. The van der Waals surface area contributed by atoms with Gasteiger partial charge in [-0.2, -0.15) is 26.3 Å². The van der Waals surface area contributed by atoms with Crippen molar-refractivity contribution in [1.82, 2.24) is 9.88 Å². The van der Waals surface area contributed by atoms with E-state index in [-0.39, 0.29) is 24.7 Å². The van der Waals surface area contributed by atoms with E-state index in [9.17, 15) is 31.1 Å². The van der Waals surface area contributed by atoms with Gasteiger partial charge in [0.1, 0.15) is 11.8 Å². The van der Waals surface area contributed by atoms with Crippen LogP contribution in [0.4, 0.5) is 36.8 Å². The zero-order valence-corrected chi connectivity index (χ0v) is 14.0. The number of pyridine rings is 1. The number of nitrogens with one attached hydrogen (secondary N) is 1. The molecule has 0 spiro atoms. The van der Waals surface area contributed by atoms with Crippen LogP contribution >= 0.6 is 0 Å². The summed E-state index contributed by atoms with van der Waals surface area (Å²) in [7, 11) is 0. The van der Waals surface area contributed by atoms with Crippen molar-refractivity contribution in [2.75, 3.05) is 18.4 Å². The van der Waals surface area contributed by atoms with E-state index in [0.717, 1.165) is 24.3 Å². The molecule has 0 aliphatic carbocycles. The summed E-state index contributed by atoms with van der Waals surface area (Å²) in [5.74, 6) is -0.224. The second kappa shape index (κ2) is 7.21. The van der Waals surface area contributed by atoms with Crippen LogP contribution in [0.1, 0.15) is 11.3 Å². The number of anilines is 1. The smallest absolute Gasteiger partial charge is 0.433 e. The van der Waals surface area contributed by atoms with Gasteiger partial charge in [0.05, 0.1) is 18.7 Å². The van der Waals surface area contributed by atoms with E-state index in [4.69, 9.17) is 4.74 Å². The third kappa shape index (κ3) is 4.65. The van der Waals surface area contributed by atoms with Crippen LogP contribution in [0.15, 0.2) is 42.5 Å². The number of alkyl halides is 6. The summed E-state index contributed by atoms with van der Waals surface area (Å²) in [6.45, 7) is 0.117. The molecule has 1 aliphatic heterocycles. The Balaban J connectivity index is 1.54. The SMILES string of the molecule is O=C(Nc1cccc(C(F)(F)F)c1)N1CC(Oc2cccc(C(F)(F)F)n2)C1. The van der Waals surface area contributed by atoms with Gasteiger partial charge in [-0.15, -0.1) is 0 Å². The lowest BCUT2D eigenvalue weighted by atomic mass is 10.1. The van der Waals surface area contributed by atoms with Crippen molar-refractivity contribution in [2.24, 2.45) is 0 Å². The van der Waals surface area contributed by atoms with E-state index < -0.39 is 35.7 Å². The Bertz CT molecular complexity index is 862. The Kier molecular flexibility index (Phi) is 5.09. The summed E-state index contributed by atoms with van der Waals surface area (Å²) in [4.78, 5) is 16.7. The molecule has 5 nitrogen and oxygen atoms in total. The second-order valence-electron chi connectivity index (χ2n) is 6.01. The first-order valence-corrected chi connectivity index (χ1v) is 7.96. The molecule has 11 heteroatoms. The molecule has 1 saturated heterocycles. The van der Waals surface area contributed by atoms with Crippen LogP contribution in [0.25, 0.3) is 0 Å². The van der Waals surface area contributed by atoms with Crippen molar-refractivity contribution in [3.8, 4) is 5.88 Å². The third-order valence-electron chi connectivity index (χ3n) is 3.88. The summed E-state index contributed by atoms with van der Waals surface area (Å²) >= 11 is 0. The van der Waals surface area contributed by atoms with E-state index in [1.807, 2.05) is 0 Å². The maximum atomic E-state index is 12.7. The van der Waals surface area contributed by atoms with Gasteiger partial charge in [-0.1, -0.05) is 12.1 Å². The van der Waals surface area contributed by atoms with Crippen LogP contribution < -0.4 is 10.1 Å². The van der Waals surface area contributed by atoms with Crippen molar-refractivity contribution in [3.05, 3.63) is 53.7 Å². The lowest BCUT2D eigenvalue weighted by Gasteiger charge is -2.38. The number of urea groups is 1. The number of likely N-dealkylation sites (tertiary alicyclic amines) is 1. The van der Waals surface area contributed by atoms with Crippen LogP contribution in [0.3, 0.4) is 0 Å². The number of carbonyl (C=O) groups excluding carboxylic acids is 1. The predicted octanol–water partition coefficient (Wildman–Crippen LogP) is 4.41. The average molecular weight is 405 g/mol. The van der Waals surface area contributed by atoms with Crippen LogP contribution in [-0.4, -0.2) is 35.1 Å². The molecule has 1 aromatic heterocycles. The first kappa shape index (κ1) is 19.8. The molecule has 2 amide bonds. The van der Waals surface area contributed by atoms with Gasteiger partial charge in [-0.05, 0) is 24.3 Å². The molecule has 1 aromatic carbocycles. The Morgan fingerprint density at radius 3 is 2.36 bits per heavy atom. The van der Waals surface area contributed by atoms with Gasteiger partial charge in [0.25, 0.3) is 0 Å². The molecule has 0 atom stereocenters. The molecule has 150 valence electrons. The highest BCUT2D eigenvalue weighted by atomic mass is 19.4. The highest BCUT2D eigenvalue weighted by Crippen LogP contribution is 2.31. The Labute approximate surface area is 154 Å². The van der Waals surface area contributed by atoms with Crippen molar-refractivity contribution in [1.29, 1.82) is 0 Å². The number of hydrogen-bond acceptors (Lipinski definition) is 3. The number of aromatic nitrogens is 1. The van der Waals surface area contributed by atoms with Gasteiger partial charge in [0.15, 0.2) is 0 Å². The van der Waals surface area contributed by atoms with Gasteiger partial charge in [-0.3, -0.25) is 0 Å². The predicted molar refractivity (Wildman–Crippen MR) is 85.7 cm³/mol. The fourth-order valence-electron chi connectivity index (χ4n) is 2.46. The van der Waals surface area contributed by atoms with Gasteiger partial charge >= 0.3 is 18.4 Å². The van der Waals surface area contributed by atoms with E-state index in [1.54, 1.807) is 0 Å².